The van der Waals surface area contributed by atoms with Crippen LogP contribution in [0.5, 0.6) is 0 Å². The van der Waals surface area contributed by atoms with Gasteiger partial charge < -0.3 is 15.3 Å². The first kappa shape index (κ1) is 19.3. The lowest BCUT2D eigenvalue weighted by molar-refractivity contribution is 0.0727. The van der Waals surface area contributed by atoms with E-state index in [0.29, 0.717) is 36.5 Å². The minimum Gasteiger partial charge on any atom is -0.391 e. The van der Waals surface area contributed by atoms with Gasteiger partial charge in [-0.25, -0.2) is 9.97 Å². The Labute approximate surface area is 169 Å². The van der Waals surface area contributed by atoms with Gasteiger partial charge in [0.1, 0.15) is 10.7 Å². The van der Waals surface area contributed by atoms with E-state index in [1.807, 2.05) is 11.8 Å². The van der Waals surface area contributed by atoms with Crippen LogP contribution in [0.25, 0.3) is 0 Å². The molecule has 0 spiro atoms. The molecular weight excluding hydrogens is 374 g/mol. The molecule has 3 heterocycles. The number of hydrogen-bond acceptors (Lipinski definition) is 7. The number of thiazole rings is 1. The van der Waals surface area contributed by atoms with Crippen LogP contribution in [0.1, 0.15) is 53.0 Å². The molecule has 0 unspecified atom stereocenters. The van der Waals surface area contributed by atoms with Gasteiger partial charge in [0.25, 0.3) is 5.91 Å². The van der Waals surface area contributed by atoms with E-state index in [4.69, 9.17) is 0 Å². The quantitative estimate of drug-likeness (QED) is 0.819. The Morgan fingerprint density at radius 3 is 2.68 bits per heavy atom. The summed E-state index contributed by atoms with van der Waals surface area (Å²) in [7, 11) is 0. The number of nitrogens with zero attached hydrogens (tertiary/aromatic N) is 4. The highest BCUT2D eigenvalue weighted by atomic mass is 32.1. The molecule has 2 aliphatic rings. The van der Waals surface area contributed by atoms with Crippen molar-refractivity contribution in [3.8, 4) is 0 Å². The molecule has 1 saturated carbocycles. The minimum absolute atomic E-state index is 0.0642. The Morgan fingerprint density at radius 2 is 2.04 bits per heavy atom. The van der Waals surface area contributed by atoms with Crippen molar-refractivity contribution in [3.63, 3.8) is 0 Å². The number of likely N-dealkylation sites (tertiary alicyclic amines) is 1. The normalized spacial score (nSPS) is 27.1. The molecule has 8 heteroatoms. The van der Waals surface area contributed by atoms with Gasteiger partial charge in [-0.1, -0.05) is 13.8 Å². The molecular formula is C20H27N5O2S. The molecule has 28 heavy (non-hydrogen) atoms. The van der Waals surface area contributed by atoms with Gasteiger partial charge in [-0.3, -0.25) is 9.78 Å². The van der Waals surface area contributed by atoms with E-state index in [0.717, 1.165) is 28.5 Å². The number of anilines is 1. The maximum Gasteiger partial charge on any atom is 0.265 e. The second-order valence-corrected chi connectivity index (χ2v) is 9.26. The molecule has 4 atom stereocenters. The number of aliphatic hydroxyl groups is 1. The summed E-state index contributed by atoms with van der Waals surface area (Å²) in [6.07, 6.45) is 6.01. The number of aliphatic hydroxyl groups excluding tert-OH is 1. The summed E-state index contributed by atoms with van der Waals surface area (Å²) in [5.74, 6) is 1.83. The maximum absolute atomic E-state index is 13.1. The average Bonchev–Trinajstić information content (AvgIpc) is 3.26. The number of hydrogen-bond donors (Lipinski definition) is 2. The third kappa shape index (κ3) is 3.75. The first-order valence-corrected chi connectivity index (χ1v) is 10.7. The van der Waals surface area contributed by atoms with E-state index in [-0.39, 0.29) is 11.9 Å². The number of carbonyl (C=O) groups is 1. The van der Waals surface area contributed by atoms with E-state index in [1.54, 1.807) is 18.6 Å². The second-order valence-electron chi connectivity index (χ2n) is 8.23. The van der Waals surface area contributed by atoms with Gasteiger partial charge in [-0.05, 0) is 31.6 Å². The van der Waals surface area contributed by atoms with Crippen LogP contribution >= 0.6 is 11.3 Å². The number of nitrogens with one attached hydrogen (secondary N) is 1. The van der Waals surface area contributed by atoms with Gasteiger partial charge in [0.05, 0.1) is 29.0 Å². The minimum atomic E-state index is -0.448. The lowest BCUT2D eigenvalue weighted by Crippen LogP contribution is -2.43. The Balaban J connectivity index is 1.44. The summed E-state index contributed by atoms with van der Waals surface area (Å²) in [5.41, 5.74) is 0.829. The molecule has 150 valence electrons. The number of rotatable bonds is 4. The average molecular weight is 402 g/mol. The zero-order valence-corrected chi connectivity index (χ0v) is 17.3. The van der Waals surface area contributed by atoms with Crippen molar-refractivity contribution in [2.75, 3.05) is 18.4 Å². The lowest BCUT2D eigenvalue weighted by atomic mass is 9.77. The summed E-state index contributed by atoms with van der Waals surface area (Å²) in [6, 6.07) is -0.0642. The van der Waals surface area contributed by atoms with E-state index < -0.39 is 6.10 Å². The Kier molecular flexibility index (Phi) is 5.33. The summed E-state index contributed by atoms with van der Waals surface area (Å²) >= 11 is 1.52. The Hall–Kier alpha value is -2.06. The molecule has 1 aliphatic carbocycles. The molecule has 2 N–H and O–H groups in total. The summed E-state index contributed by atoms with van der Waals surface area (Å²) < 4.78 is 0. The summed E-state index contributed by atoms with van der Waals surface area (Å²) in [4.78, 5) is 28.7. The highest BCUT2D eigenvalue weighted by Crippen LogP contribution is 2.38. The highest BCUT2D eigenvalue weighted by Gasteiger charge is 2.43. The van der Waals surface area contributed by atoms with Gasteiger partial charge in [0.15, 0.2) is 0 Å². The molecule has 0 bridgehead atoms. The molecule has 1 saturated heterocycles. The second kappa shape index (κ2) is 7.75. The van der Waals surface area contributed by atoms with Crippen molar-refractivity contribution in [2.45, 2.75) is 51.7 Å². The van der Waals surface area contributed by atoms with Gasteiger partial charge >= 0.3 is 0 Å². The molecule has 1 aliphatic heterocycles. The number of aromatic nitrogens is 3. The van der Waals surface area contributed by atoms with Crippen LogP contribution in [0.4, 0.5) is 5.82 Å². The molecule has 4 rings (SSSR count). The molecule has 2 fully saturated rings. The fourth-order valence-electron chi connectivity index (χ4n) is 4.32. The topological polar surface area (TPSA) is 91.2 Å². The smallest absolute Gasteiger partial charge is 0.265 e. The van der Waals surface area contributed by atoms with Crippen molar-refractivity contribution in [1.29, 1.82) is 0 Å². The summed E-state index contributed by atoms with van der Waals surface area (Å²) in [5, 5.41) is 14.9. The van der Waals surface area contributed by atoms with Crippen LogP contribution in [0.2, 0.25) is 0 Å². The summed E-state index contributed by atoms with van der Waals surface area (Å²) in [6.45, 7) is 7.57. The maximum atomic E-state index is 13.1. The molecule has 2 aromatic heterocycles. The number of fused-ring (bicyclic) bond motifs is 1. The molecule has 0 aromatic carbocycles. The highest BCUT2D eigenvalue weighted by molar-refractivity contribution is 7.13. The van der Waals surface area contributed by atoms with Crippen LogP contribution in [0, 0.1) is 18.8 Å². The fraction of sp³-hybridized carbons (Fsp3) is 0.600. The van der Waals surface area contributed by atoms with Crippen LogP contribution in [-0.2, 0) is 0 Å². The lowest BCUT2D eigenvalue weighted by Gasteiger charge is -2.35. The van der Waals surface area contributed by atoms with E-state index in [2.05, 4.69) is 34.1 Å². The first-order chi connectivity index (χ1) is 13.4. The van der Waals surface area contributed by atoms with Crippen molar-refractivity contribution in [3.05, 3.63) is 34.2 Å². The van der Waals surface area contributed by atoms with Crippen molar-refractivity contribution in [2.24, 2.45) is 11.8 Å². The predicted molar refractivity (Wildman–Crippen MR) is 109 cm³/mol. The Bertz CT molecular complexity index is 840. The SMILES string of the molecule is Cc1nc(C(C)C)sc1C(=O)N1C[C@H]2C[C@@H](Nc3cnccn3)[C@H](O)C[C@H]2C1. The van der Waals surface area contributed by atoms with E-state index >= 15 is 0 Å². The third-order valence-corrected chi connectivity index (χ3v) is 7.27. The van der Waals surface area contributed by atoms with Crippen LogP contribution in [0.15, 0.2) is 18.6 Å². The molecule has 7 nitrogen and oxygen atoms in total. The van der Waals surface area contributed by atoms with Crippen LogP contribution < -0.4 is 5.32 Å². The zero-order valence-electron chi connectivity index (χ0n) is 16.5. The molecule has 0 radical (unpaired) electrons. The standard InChI is InChI=1S/C20H27N5O2S/c1-11(2)19-23-12(3)18(28-19)20(27)25-9-13-6-15(16(26)7-14(13)10-25)24-17-8-21-4-5-22-17/h4-5,8,11,13-16,26H,6-7,9-10H2,1-3H3,(H,22,24)/t13-,14+,15-,16-/m1/s1. The van der Waals surface area contributed by atoms with Crippen molar-refractivity contribution < 1.29 is 9.90 Å². The monoisotopic (exact) mass is 401 g/mol. The molecule has 2 aromatic rings. The number of aryl methyl sites for hydroxylation is 1. The van der Waals surface area contributed by atoms with Gasteiger partial charge in [-0.2, -0.15) is 0 Å². The third-order valence-electron chi connectivity index (χ3n) is 5.83. The van der Waals surface area contributed by atoms with E-state index in [1.165, 1.54) is 11.3 Å². The van der Waals surface area contributed by atoms with E-state index in [9.17, 15) is 9.90 Å². The van der Waals surface area contributed by atoms with Gasteiger partial charge in [-0.15, -0.1) is 11.3 Å². The number of amides is 1. The largest absolute Gasteiger partial charge is 0.391 e. The fourth-order valence-corrected chi connectivity index (χ4v) is 5.36. The van der Waals surface area contributed by atoms with Gasteiger partial charge in [0, 0.05) is 31.4 Å². The van der Waals surface area contributed by atoms with Gasteiger partial charge in [0.2, 0.25) is 0 Å². The van der Waals surface area contributed by atoms with Crippen molar-refractivity contribution >= 4 is 23.1 Å². The predicted octanol–water partition coefficient (Wildman–Crippen LogP) is 2.69. The van der Waals surface area contributed by atoms with Crippen LogP contribution in [0.3, 0.4) is 0 Å². The Morgan fingerprint density at radius 1 is 1.29 bits per heavy atom. The first-order valence-electron chi connectivity index (χ1n) is 9.89. The molecule has 1 amide bonds. The zero-order chi connectivity index (χ0) is 19.8. The number of carbonyl (C=O) groups excluding carboxylic acids is 1. The van der Waals surface area contributed by atoms with Crippen LogP contribution in [-0.4, -0.2) is 56.1 Å². The van der Waals surface area contributed by atoms with Crippen molar-refractivity contribution in [1.82, 2.24) is 19.9 Å².